The minimum absolute atomic E-state index is 0.109. The van der Waals surface area contributed by atoms with E-state index in [-0.39, 0.29) is 16.8 Å². The molecule has 0 bridgehead atoms. The zero-order chi connectivity index (χ0) is 21.3. The van der Waals surface area contributed by atoms with Gasteiger partial charge in [0.05, 0.1) is 16.2 Å². The Morgan fingerprint density at radius 1 is 1.20 bits per heavy atom. The van der Waals surface area contributed by atoms with E-state index in [1.54, 1.807) is 23.6 Å². The molecule has 2 aromatic carbocycles. The zero-order valence-electron chi connectivity index (χ0n) is 14.9. The Balaban J connectivity index is 1.54. The number of carbonyl (C=O) groups excluding carboxylic acids is 1. The van der Waals surface area contributed by atoms with Gasteiger partial charge in [0.25, 0.3) is 11.6 Å². The smallest absolute Gasteiger partial charge is 0.345 e. The summed E-state index contributed by atoms with van der Waals surface area (Å²) in [6.45, 7) is 0. The largest absolute Gasteiger partial charge is 0.422 e. The van der Waals surface area contributed by atoms with Gasteiger partial charge in [-0.05, 0) is 24.3 Å². The third kappa shape index (κ3) is 3.93. The molecule has 0 fully saturated rings. The molecular weight excluding hydrogens is 476 g/mol. The Morgan fingerprint density at radius 2 is 2.00 bits per heavy atom. The van der Waals surface area contributed by atoms with Crippen LogP contribution < -0.4 is 16.5 Å². The molecule has 2 N–H and O–H groups in total. The number of rotatable bonds is 5. The third-order valence-corrected chi connectivity index (χ3v) is 5.36. The lowest BCUT2D eigenvalue weighted by atomic mass is 10.1. The highest BCUT2D eigenvalue weighted by atomic mass is 79.9. The number of nitro groups is 1. The van der Waals surface area contributed by atoms with E-state index in [4.69, 9.17) is 4.42 Å². The fourth-order valence-electron chi connectivity index (χ4n) is 2.72. The van der Waals surface area contributed by atoms with Crippen LogP contribution in [0.1, 0.15) is 10.4 Å². The number of nitrogens with zero attached hydrogens (tertiary/aromatic N) is 2. The topological polar surface area (TPSA) is 127 Å². The molecule has 0 aliphatic heterocycles. The van der Waals surface area contributed by atoms with Crippen molar-refractivity contribution in [3.63, 3.8) is 0 Å². The maximum atomic E-state index is 12.4. The quantitative estimate of drug-likeness (QED) is 0.244. The number of hydrogen-bond donors (Lipinski definition) is 2. The Morgan fingerprint density at radius 3 is 2.80 bits per heavy atom. The van der Waals surface area contributed by atoms with Crippen molar-refractivity contribution < 1.29 is 14.1 Å². The van der Waals surface area contributed by atoms with Crippen LogP contribution in [0.2, 0.25) is 0 Å². The third-order valence-electron chi connectivity index (χ3n) is 4.11. The molecule has 2 aromatic heterocycles. The summed E-state index contributed by atoms with van der Waals surface area (Å²) >= 11 is 4.29. The molecule has 30 heavy (non-hydrogen) atoms. The standard InChI is InChI=1S/C19H11BrN4O5S/c20-11-5-6-12(15(8-11)24(27)28)17(25)22-23-19-21-14(9-30-19)13-7-10-3-1-2-4-16(10)29-18(13)26/h1-9H,(H,21,23)(H,22,25). The van der Waals surface area contributed by atoms with E-state index in [2.05, 4.69) is 31.8 Å². The summed E-state index contributed by atoms with van der Waals surface area (Å²) < 4.78 is 5.79. The first kappa shape index (κ1) is 19.7. The first-order valence-electron chi connectivity index (χ1n) is 8.41. The van der Waals surface area contributed by atoms with E-state index in [9.17, 15) is 19.7 Å². The van der Waals surface area contributed by atoms with Gasteiger partial charge < -0.3 is 4.42 Å². The number of para-hydroxylation sites is 1. The number of aromatic nitrogens is 1. The van der Waals surface area contributed by atoms with Gasteiger partial charge >= 0.3 is 5.63 Å². The number of hydrogen-bond acceptors (Lipinski definition) is 8. The number of carbonyl (C=O) groups is 1. The Bertz CT molecular complexity index is 1350. The summed E-state index contributed by atoms with van der Waals surface area (Å²) in [4.78, 5) is 39.4. The van der Waals surface area contributed by atoms with E-state index >= 15 is 0 Å². The second kappa shape index (κ2) is 8.05. The summed E-state index contributed by atoms with van der Waals surface area (Å²) in [5, 5.41) is 13.9. The molecule has 11 heteroatoms. The molecule has 0 radical (unpaired) electrons. The van der Waals surface area contributed by atoms with Crippen LogP contribution in [0.4, 0.5) is 10.8 Å². The van der Waals surface area contributed by atoms with Crippen molar-refractivity contribution >= 4 is 55.0 Å². The van der Waals surface area contributed by atoms with Gasteiger partial charge in [-0.15, -0.1) is 11.3 Å². The van der Waals surface area contributed by atoms with Crippen molar-refractivity contribution in [2.24, 2.45) is 0 Å². The van der Waals surface area contributed by atoms with E-state index in [0.717, 1.165) is 16.7 Å². The fraction of sp³-hybridized carbons (Fsp3) is 0. The van der Waals surface area contributed by atoms with Crippen molar-refractivity contribution in [2.45, 2.75) is 0 Å². The van der Waals surface area contributed by atoms with E-state index in [1.165, 1.54) is 18.2 Å². The second-order valence-corrected chi connectivity index (χ2v) is 7.79. The Kier molecular flexibility index (Phi) is 5.29. The number of halogens is 1. The van der Waals surface area contributed by atoms with Crippen LogP contribution in [-0.4, -0.2) is 15.8 Å². The summed E-state index contributed by atoms with van der Waals surface area (Å²) in [6.07, 6.45) is 0. The summed E-state index contributed by atoms with van der Waals surface area (Å²) in [7, 11) is 0. The van der Waals surface area contributed by atoms with E-state index in [1.807, 2.05) is 12.1 Å². The first-order valence-corrected chi connectivity index (χ1v) is 10.1. The van der Waals surface area contributed by atoms with Crippen LogP contribution in [0.3, 0.4) is 0 Å². The first-order chi connectivity index (χ1) is 14.4. The predicted molar refractivity (Wildman–Crippen MR) is 115 cm³/mol. The van der Waals surface area contributed by atoms with Crippen molar-refractivity contribution in [3.8, 4) is 11.3 Å². The zero-order valence-corrected chi connectivity index (χ0v) is 17.3. The fourth-order valence-corrected chi connectivity index (χ4v) is 3.73. The number of nitro benzene ring substituents is 1. The van der Waals surface area contributed by atoms with Crippen molar-refractivity contribution in [2.75, 3.05) is 5.43 Å². The number of amides is 1. The van der Waals surface area contributed by atoms with Crippen LogP contribution in [0.5, 0.6) is 0 Å². The molecule has 4 rings (SSSR count). The van der Waals surface area contributed by atoms with Gasteiger partial charge in [0.15, 0.2) is 0 Å². The normalized spacial score (nSPS) is 10.7. The van der Waals surface area contributed by atoms with Crippen molar-refractivity contribution in [3.05, 3.63) is 84.5 Å². The molecule has 0 aliphatic carbocycles. The average molecular weight is 487 g/mol. The SMILES string of the molecule is O=C(NNc1nc(-c2cc3ccccc3oc2=O)cs1)c1ccc(Br)cc1[N+](=O)[O-]. The molecular formula is C19H11BrN4O5S. The van der Waals surface area contributed by atoms with Crippen LogP contribution in [0.25, 0.3) is 22.2 Å². The lowest BCUT2D eigenvalue weighted by Crippen LogP contribution is -2.29. The summed E-state index contributed by atoms with van der Waals surface area (Å²) in [6, 6.07) is 12.9. The van der Waals surface area contributed by atoms with Gasteiger partial charge in [-0.1, -0.05) is 34.1 Å². The van der Waals surface area contributed by atoms with E-state index in [0.29, 0.717) is 20.9 Å². The highest BCUT2D eigenvalue weighted by molar-refractivity contribution is 9.10. The van der Waals surface area contributed by atoms with Crippen molar-refractivity contribution in [1.82, 2.24) is 10.4 Å². The molecule has 150 valence electrons. The lowest BCUT2D eigenvalue weighted by Gasteiger charge is -2.06. The monoisotopic (exact) mass is 486 g/mol. The number of benzene rings is 2. The van der Waals surface area contributed by atoms with Crippen molar-refractivity contribution in [1.29, 1.82) is 0 Å². The number of fused-ring (bicyclic) bond motifs is 1. The van der Waals surface area contributed by atoms with Gasteiger partial charge in [-0.2, -0.15) is 0 Å². The van der Waals surface area contributed by atoms with Crippen LogP contribution in [-0.2, 0) is 0 Å². The number of hydrazine groups is 1. The molecule has 4 aromatic rings. The number of anilines is 1. The molecule has 0 atom stereocenters. The molecule has 2 heterocycles. The molecule has 0 aliphatic rings. The molecule has 0 saturated carbocycles. The minimum atomic E-state index is -0.698. The second-order valence-electron chi connectivity index (χ2n) is 6.02. The van der Waals surface area contributed by atoms with Gasteiger partial charge in [-0.3, -0.25) is 25.8 Å². The lowest BCUT2D eigenvalue weighted by molar-refractivity contribution is -0.385. The Hall–Kier alpha value is -3.57. The molecule has 0 unspecified atom stereocenters. The molecule has 0 spiro atoms. The van der Waals surface area contributed by atoms with Gasteiger partial charge in [0.2, 0.25) is 5.13 Å². The summed E-state index contributed by atoms with van der Waals surface area (Å²) in [5.41, 5.74) is 5.16. The maximum Gasteiger partial charge on any atom is 0.345 e. The average Bonchev–Trinajstić information content (AvgIpc) is 3.20. The molecule has 0 saturated heterocycles. The maximum absolute atomic E-state index is 12.4. The molecule has 1 amide bonds. The van der Waals surface area contributed by atoms with Gasteiger partial charge in [0.1, 0.15) is 11.1 Å². The van der Waals surface area contributed by atoms with Crippen LogP contribution in [0, 0.1) is 10.1 Å². The number of nitrogens with one attached hydrogen (secondary N) is 2. The number of thiazole rings is 1. The predicted octanol–water partition coefficient (Wildman–Crippen LogP) is 4.34. The highest BCUT2D eigenvalue weighted by Crippen LogP contribution is 2.26. The van der Waals surface area contributed by atoms with Gasteiger partial charge in [-0.25, -0.2) is 9.78 Å². The van der Waals surface area contributed by atoms with Crippen LogP contribution in [0.15, 0.2) is 67.6 Å². The minimum Gasteiger partial charge on any atom is -0.422 e. The van der Waals surface area contributed by atoms with Gasteiger partial charge in [0, 0.05) is 21.3 Å². The molecule has 9 nitrogen and oxygen atoms in total. The summed E-state index contributed by atoms with van der Waals surface area (Å²) in [5.74, 6) is -0.698. The van der Waals surface area contributed by atoms with E-state index < -0.39 is 16.5 Å². The highest BCUT2D eigenvalue weighted by Gasteiger charge is 2.20. The van der Waals surface area contributed by atoms with Crippen LogP contribution >= 0.6 is 27.3 Å². The Labute approximate surface area is 180 Å².